The monoisotopic (exact) mass is 254 g/mol. The first-order chi connectivity index (χ1) is 8.10. The maximum absolute atomic E-state index is 12.4. The summed E-state index contributed by atoms with van der Waals surface area (Å²) >= 11 is 5.05. The molecule has 1 aliphatic heterocycles. The molecular formula is C13H22N2OS. The minimum atomic E-state index is -0.457. The maximum Gasteiger partial charge on any atom is 0.235 e. The van der Waals surface area contributed by atoms with Gasteiger partial charge in [-0.25, -0.2) is 0 Å². The van der Waals surface area contributed by atoms with Gasteiger partial charge < -0.3 is 10.6 Å². The Hall–Kier alpha value is -0.640. The van der Waals surface area contributed by atoms with Crippen LogP contribution >= 0.6 is 12.2 Å². The molecule has 1 aliphatic carbocycles. The summed E-state index contributed by atoms with van der Waals surface area (Å²) in [5.41, 5.74) is 5.26. The Kier molecular flexibility index (Phi) is 3.71. The average Bonchev–Trinajstić information content (AvgIpc) is 3.12. The van der Waals surface area contributed by atoms with E-state index in [1.54, 1.807) is 0 Å². The molecule has 2 N–H and O–H groups in total. The van der Waals surface area contributed by atoms with Gasteiger partial charge in [0.05, 0.1) is 10.4 Å². The largest absolute Gasteiger partial charge is 0.392 e. The average molecular weight is 254 g/mol. The number of likely N-dealkylation sites (tertiary alicyclic amines) is 1. The van der Waals surface area contributed by atoms with E-state index in [2.05, 4.69) is 6.92 Å². The van der Waals surface area contributed by atoms with Gasteiger partial charge >= 0.3 is 0 Å². The molecule has 4 heteroatoms. The van der Waals surface area contributed by atoms with E-state index in [0.717, 1.165) is 44.7 Å². The van der Waals surface area contributed by atoms with Crippen molar-refractivity contribution in [1.29, 1.82) is 0 Å². The molecule has 0 aromatic carbocycles. The summed E-state index contributed by atoms with van der Waals surface area (Å²) in [4.78, 5) is 14.8. The number of nitrogens with two attached hydrogens (primary N) is 1. The highest BCUT2D eigenvalue weighted by Gasteiger charge is 2.54. The molecule has 1 heterocycles. The Labute approximate surface area is 109 Å². The first kappa shape index (κ1) is 12.8. The topological polar surface area (TPSA) is 46.3 Å². The Morgan fingerprint density at radius 1 is 1.41 bits per heavy atom. The van der Waals surface area contributed by atoms with Gasteiger partial charge in [0, 0.05) is 13.1 Å². The smallest absolute Gasteiger partial charge is 0.235 e. The van der Waals surface area contributed by atoms with Crippen LogP contribution < -0.4 is 5.73 Å². The third-order valence-electron chi connectivity index (χ3n) is 4.34. The number of carbonyl (C=O) groups is 1. The summed E-state index contributed by atoms with van der Waals surface area (Å²) in [7, 11) is 0. The van der Waals surface area contributed by atoms with Crippen molar-refractivity contribution in [3.05, 3.63) is 0 Å². The molecule has 0 aromatic heterocycles. The molecule has 1 saturated carbocycles. The van der Waals surface area contributed by atoms with Crippen molar-refractivity contribution in [3.63, 3.8) is 0 Å². The highest BCUT2D eigenvalue weighted by Crippen LogP contribution is 2.47. The van der Waals surface area contributed by atoms with E-state index >= 15 is 0 Å². The second kappa shape index (κ2) is 4.92. The van der Waals surface area contributed by atoms with E-state index in [-0.39, 0.29) is 5.91 Å². The maximum atomic E-state index is 12.4. The predicted molar refractivity (Wildman–Crippen MR) is 72.7 cm³/mol. The molecule has 17 heavy (non-hydrogen) atoms. The van der Waals surface area contributed by atoms with Gasteiger partial charge in [0.1, 0.15) is 0 Å². The van der Waals surface area contributed by atoms with Gasteiger partial charge in [-0.1, -0.05) is 25.6 Å². The van der Waals surface area contributed by atoms with Crippen LogP contribution in [0.1, 0.15) is 45.4 Å². The van der Waals surface area contributed by atoms with Gasteiger partial charge in [-0.2, -0.15) is 0 Å². The van der Waals surface area contributed by atoms with E-state index < -0.39 is 5.41 Å². The van der Waals surface area contributed by atoms with Crippen molar-refractivity contribution in [3.8, 4) is 0 Å². The van der Waals surface area contributed by atoms with Gasteiger partial charge in [0.15, 0.2) is 0 Å². The lowest BCUT2D eigenvalue weighted by Crippen LogP contribution is -2.43. The molecule has 2 fully saturated rings. The number of amides is 1. The van der Waals surface area contributed by atoms with E-state index in [4.69, 9.17) is 18.0 Å². The lowest BCUT2D eigenvalue weighted by molar-refractivity contribution is -0.134. The SMILES string of the molecule is CCC1CCCN(C(=O)C2(C(N)=S)CC2)CC1. The molecule has 96 valence electrons. The molecule has 1 atom stereocenters. The fourth-order valence-corrected chi connectivity index (χ4v) is 3.06. The van der Waals surface area contributed by atoms with Crippen LogP contribution in [0.25, 0.3) is 0 Å². The molecule has 1 saturated heterocycles. The van der Waals surface area contributed by atoms with Gasteiger partial charge in [0.25, 0.3) is 0 Å². The summed E-state index contributed by atoms with van der Waals surface area (Å²) in [6.45, 7) is 4.01. The molecule has 0 aromatic rings. The number of hydrogen-bond acceptors (Lipinski definition) is 2. The summed E-state index contributed by atoms with van der Waals surface area (Å²) in [5.74, 6) is 0.981. The summed E-state index contributed by atoms with van der Waals surface area (Å²) in [5, 5.41) is 0. The minimum absolute atomic E-state index is 0.196. The Balaban J connectivity index is 1.99. The third kappa shape index (κ3) is 2.46. The quantitative estimate of drug-likeness (QED) is 0.785. The first-order valence-corrected chi connectivity index (χ1v) is 7.10. The molecule has 2 rings (SSSR count). The molecule has 1 unspecified atom stereocenters. The van der Waals surface area contributed by atoms with E-state index in [1.165, 1.54) is 12.8 Å². The normalized spacial score (nSPS) is 27.4. The van der Waals surface area contributed by atoms with Crippen LogP contribution in [0.2, 0.25) is 0 Å². The van der Waals surface area contributed by atoms with Gasteiger partial charge in [0.2, 0.25) is 5.91 Å². The molecular weight excluding hydrogens is 232 g/mol. The molecule has 0 bridgehead atoms. The van der Waals surface area contributed by atoms with E-state index in [1.807, 2.05) is 4.90 Å². The molecule has 0 spiro atoms. The lowest BCUT2D eigenvalue weighted by Gasteiger charge is -2.25. The molecule has 1 amide bonds. The van der Waals surface area contributed by atoms with Crippen LogP contribution in [0.5, 0.6) is 0 Å². The highest BCUT2D eigenvalue weighted by atomic mass is 32.1. The molecule has 2 aliphatic rings. The summed E-state index contributed by atoms with van der Waals surface area (Å²) in [6.07, 6.45) is 6.44. The Morgan fingerprint density at radius 3 is 2.65 bits per heavy atom. The van der Waals surface area contributed by atoms with E-state index in [0.29, 0.717) is 4.99 Å². The van der Waals surface area contributed by atoms with Crippen LogP contribution in [-0.4, -0.2) is 28.9 Å². The molecule has 0 radical (unpaired) electrons. The van der Waals surface area contributed by atoms with Crippen molar-refractivity contribution >= 4 is 23.1 Å². The van der Waals surface area contributed by atoms with Crippen molar-refractivity contribution in [2.45, 2.75) is 45.4 Å². The Morgan fingerprint density at radius 2 is 2.12 bits per heavy atom. The number of rotatable bonds is 3. The van der Waals surface area contributed by atoms with Crippen molar-refractivity contribution in [2.24, 2.45) is 17.1 Å². The number of carbonyl (C=O) groups excluding carboxylic acids is 1. The van der Waals surface area contributed by atoms with Crippen molar-refractivity contribution < 1.29 is 4.79 Å². The van der Waals surface area contributed by atoms with Crippen molar-refractivity contribution in [2.75, 3.05) is 13.1 Å². The second-order valence-electron chi connectivity index (χ2n) is 5.44. The highest BCUT2D eigenvalue weighted by molar-refractivity contribution is 7.80. The van der Waals surface area contributed by atoms with Gasteiger partial charge in [-0.15, -0.1) is 0 Å². The molecule has 3 nitrogen and oxygen atoms in total. The zero-order chi connectivity index (χ0) is 12.5. The van der Waals surface area contributed by atoms with Gasteiger partial charge in [-0.05, 0) is 38.0 Å². The summed E-state index contributed by atoms with van der Waals surface area (Å²) < 4.78 is 0. The fraction of sp³-hybridized carbons (Fsp3) is 0.846. The number of nitrogens with zero attached hydrogens (tertiary/aromatic N) is 1. The minimum Gasteiger partial charge on any atom is -0.392 e. The summed E-state index contributed by atoms with van der Waals surface area (Å²) in [6, 6.07) is 0. The Bertz CT molecular complexity index is 325. The zero-order valence-corrected chi connectivity index (χ0v) is 11.4. The number of thiocarbonyl (C=S) groups is 1. The zero-order valence-electron chi connectivity index (χ0n) is 10.6. The van der Waals surface area contributed by atoms with E-state index in [9.17, 15) is 4.79 Å². The fourth-order valence-electron chi connectivity index (χ4n) is 2.77. The second-order valence-corrected chi connectivity index (χ2v) is 5.88. The standard InChI is InChI=1S/C13H22N2OS/c1-2-10-4-3-8-15(9-5-10)12(16)13(6-7-13)11(14)17/h10H,2-9H2,1H3,(H2,14,17). The van der Waals surface area contributed by atoms with Crippen LogP contribution in [0, 0.1) is 11.3 Å². The van der Waals surface area contributed by atoms with Crippen LogP contribution in [0.15, 0.2) is 0 Å². The van der Waals surface area contributed by atoms with Crippen LogP contribution in [0.3, 0.4) is 0 Å². The van der Waals surface area contributed by atoms with Crippen LogP contribution in [-0.2, 0) is 4.79 Å². The predicted octanol–water partition coefficient (Wildman–Crippen LogP) is 2.09. The lowest BCUT2D eigenvalue weighted by atomic mass is 9.98. The third-order valence-corrected chi connectivity index (χ3v) is 4.73. The first-order valence-electron chi connectivity index (χ1n) is 6.69. The van der Waals surface area contributed by atoms with Crippen LogP contribution in [0.4, 0.5) is 0 Å². The van der Waals surface area contributed by atoms with Gasteiger partial charge in [-0.3, -0.25) is 4.79 Å². The van der Waals surface area contributed by atoms with Crippen molar-refractivity contribution in [1.82, 2.24) is 4.90 Å². The number of hydrogen-bond donors (Lipinski definition) is 1.